The zero-order valence-corrected chi connectivity index (χ0v) is 20.0. The number of hydrogen-bond acceptors (Lipinski definition) is 8. The highest BCUT2D eigenvalue weighted by Crippen LogP contribution is 2.26. The maximum Gasteiger partial charge on any atom is 0.243 e. The quantitative estimate of drug-likeness (QED) is 0.337. The molecule has 186 valence electrons. The SMILES string of the molecule is CNc1ccc(CNC(=O)C2CCCN2C(=O)[C@H](N)CCC(=O)N2CCNCC2C)cc1N=N. The van der Waals surface area contributed by atoms with Crippen LogP contribution >= 0.6 is 0 Å². The van der Waals surface area contributed by atoms with Gasteiger partial charge in [0, 0.05) is 52.2 Å². The van der Waals surface area contributed by atoms with E-state index in [0.717, 1.165) is 30.8 Å². The molecule has 0 radical (unpaired) electrons. The molecule has 0 saturated carbocycles. The smallest absolute Gasteiger partial charge is 0.243 e. The summed E-state index contributed by atoms with van der Waals surface area (Å²) in [6.07, 6.45) is 1.78. The molecular formula is C23H36N8O3. The lowest BCUT2D eigenvalue weighted by Crippen LogP contribution is -2.53. The van der Waals surface area contributed by atoms with Crippen LogP contribution in [0.25, 0.3) is 0 Å². The average molecular weight is 473 g/mol. The lowest BCUT2D eigenvalue weighted by atomic mass is 10.1. The Kier molecular flexibility index (Phi) is 8.94. The van der Waals surface area contributed by atoms with E-state index >= 15 is 0 Å². The van der Waals surface area contributed by atoms with Gasteiger partial charge in [-0.1, -0.05) is 6.07 Å². The van der Waals surface area contributed by atoms with E-state index in [0.29, 0.717) is 25.2 Å². The predicted octanol–water partition coefficient (Wildman–Crippen LogP) is 0.926. The highest BCUT2D eigenvalue weighted by Gasteiger charge is 2.36. The highest BCUT2D eigenvalue weighted by atomic mass is 16.2. The molecule has 2 heterocycles. The van der Waals surface area contributed by atoms with Crippen LogP contribution in [0.4, 0.5) is 11.4 Å². The van der Waals surface area contributed by atoms with Gasteiger partial charge < -0.3 is 31.5 Å². The van der Waals surface area contributed by atoms with Crippen molar-refractivity contribution in [3.05, 3.63) is 23.8 Å². The molecule has 1 aromatic carbocycles. The van der Waals surface area contributed by atoms with Crippen LogP contribution in [-0.4, -0.2) is 78.9 Å². The molecule has 3 atom stereocenters. The Balaban J connectivity index is 1.52. The van der Waals surface area contributed by atoms with E-state index in [-0.39, 0.29) is 43.1 Å². The van der Waals surface area contributed by atoms with Gasteiger partial charge in [-0.05, 0) is 43.9 Å². The second-order valence-electron chi connectivity index (χ2n) is 8.91. The molecule has 2 aliphatic heterocycles. The number of piperazine rings is 1. The van der Waals surface area contributed by atoms with E-state index in [4.69, 9.17) is 11.3 Å². The van der Waals surface area contributed by atoms with Gasteiger partial charge in [-0.3, -0.25) is 14.4 Å². The summed E-state index contributed by atoms with van der Waals surface area (Å²) in [5, 5.41) is 12.6. The van der Waals surface area contributed by atoms with Gasteiger partial charge in [-0.25, -0.2) is 5.53 Å². The Labute approximate surface area is 200 Å². The number of nitrogens with two attached hydrogens (primary N) is 1. The van der Waals surface area contributed by atoms with Gasteiger partial charge in [0.2, 0.25) is 17.7 Å². The zero-order chi connectivity index (χ0) is 24.7. The number of rotatable bonds is 9. The minimum atomic E-state index is -0.814. The molecule has 2 unspecified atom stereocenters. The van der Waals surface area contributed by atoms with E-state index in [1.807, 2.05) is 24.0 Å². The summed E-state index contributed by atoms with van der Waals surface area (Å²) in [7, 11) is 1.75. The molecule has 1 aromatic rings. The van der Waals surface area contributed by atoms with Gasteiger partial charge >= 0.3 is 0 Å². The normalized spacial score (nSPS) is 21.1. The Morgan fingerprint density at radius 1 is 1.29 bits per heavy atom. The lowest BCUT2D eigenvalue weighted by molar-refractivity contribution is -0.140. The van der Waals surface area contributed by atoms with Crippen LogP contribution in [0.5, 0.6) is 0 Å². The Bertz CT molecular complexity index is 908. The van der Waals surface area contributed by atoms with E-state index in [9.17, 15) is 14.4 Å². The third kappa shape index (κ3) is 6.09. The van der Waals surface area contributed by atoms with Crippen molar-refractivity contribution in [1.29, 1.82) is 5.53 Å². The Hall–Kier alpha value is -3.05. The largest absolute Gasteiger partial charge is 0.386 e. The van der Waals surface area contributed by atoms with Crippen molar-refractivity contribution in [1.82, 2.24) is 20.4 Å². The maximum atomic E-state index is 13.0. The van der Waals surface area contributed by atoms with Crippen LogP contribution in [0.3, 0.4) is 0 Å². The van der Waals surface area contributed by atoms with Gasteiger partial charge in [-0.2, -0.15) is 5.11 Å². The first kappa shape index (κ1) is 25.6. The number of carbonyl (C=O) groups excluding carboxylic acids is 3. The predicted molar refractivity (Wildman–Crippen MR) is 129 cm³/mol. The summed E-state index contributed by atoms with van der Waals surface area (Å²) >= 11 is 0. The number of hydrogen-bond donors (Lipinski definition) is 5. The van der Waals surface area contributed by atoms with Gasteiger partial charge in [0.1, 0.15) is 11.7 Å². The minimum absolute atomic E-state index is 0.0102. The molecular weight excluding hydrogens is 436 g/mol. The van der Waals surface area contributed by atoms with Crippen molar-refractivity contribution in [3.63, 3.8) is 0 Å². The number of nitrogens with zero attached hydrogens (tertiary/aromatic N) is 3. The third-order valence-electron chi connectivity index (χ3n) is 6.57. The van der Waals surface area contributed by atoms with E-state index in [1.54, 1.807) is 18.0 Å². The molecule has 11 heteroatoms. The molecule has 3 rings (SSSR count). The number of amides is 3. The van der Waals surface area contributed by atoms with E-state index in [2.05, 4.69) is 21.1 Å². The third-order valence-corrected chi connectivity index (χ3v) is 6.57. The van der Waals surface area contributed by atoms with Crippen LogP contribution in [0.15, 0.2) is 23.3 Å². The van der Waals surface area contributed by atoms with Crippen molar-refractivity contribution in [2.75, 3.05) is 38.5 Å². The molecule has 11 nitrogen and oxygen atoms in total. The number of likely N-dealkylation sites (tertiary alicyclic amines) is 1. The van der Waals surface area contributed by atoms with Crippen LogP contribution in [-0.2, 0) is 20.9 Å². The minimum Gasteiger partial charge on any atom is -0.386 e. The van der Waals surface area contributed by atoms with Crippen molar-refractivity contribution < 1.29 is 14.4 Å². The number of benzene rings is 1. The fourth-order valence-electron chi connectivity index (χ4n) is 4.57. The number of nitrogens with one attached hydrogen (secondary N) is 4. The summed E-state index contributed by atoms with van der Waals surface area (Å²) in [5.74, 6) is -0.505. The summed E-state index contributed by atoms with van der Waals surface area (Å²) in [6, 6.07) is 4.14. The monoisotopic (exact) mass is 472 g/mol. The maximum absolute atomic E-state index is 13.0. The average Bonchev–Trinajstić information content (AvgIpc) is 3.35. The van der Waals surface area contributed by atoms with Crippen molar-refractivity contribution in [3.8, 4) is 0 Å². The van der Waals surface area contributed by atoms with Gasteiger partial charge in [0.25, 0.3) is 0 Å². The van der Waals surface area contributed by atoms with E-state index < -0.39 is 12.1 Å². The van der Waals surface area contributed by atoms with Crippen molar-refractivity contribution >= 4 is 29.1 Å². The van der Waals surface area contributed by atoms with E-state index in [1.165, 1.54) is 0 Å². The Morgan fingerprint density at radius 3 is 2.79 bits per heavy atom. The first-order valence-electron chi connectivity index (χ1n) is 11.9. The molecule has 3 amide bonds. The second-order valence-corrected chi connectivity index (χ2v) is 8.91. The topological polar surface area (TPSA) is 156 Å². The summed E-state index contributed by atoms with van der Waals surface area (Å²) in [4.78, 5) is 41.8. The molecule has 34 heavy (non-hydrogen) atoms. The van der Waals surface area contributed by atoms with Crippen LogP contribution in [0, 0.1) is 5.53 Å². The van der Waals surface area contributed by atoms with Gasteiger partial charge in [0.15, 0.2) is 0 Å². The molecule has 0 aromatic heterocycles. The van der Waals surface area contributed by atoms with Crippen LogP contribution in [0.2, 0.25) is 0 Å². The summed E-state index contributed by atoms with van der Waals surface area (Å²) < 4.78 is 0. The molecule has 2 aliphatic rings. The first-order valence-corrected chi connectivity index (χ1v) is 11.9. The van der Waals surface area contributed by atoms with Crippen LogP contribution in [0.1, 0.15) is 38.2 Å². The zero-order valence-electron chi connectivity index (χ0n) is 20.0. The van der Waals surface area contributed by atoms with Gasteiger partial charge in [-0.15, -0.1) is 0 Å². The highest BCUT2D eigenvalue weighted by molar-refractivity contribution is 5.90. The van der Waals surface area contributed by atoms with Gasteiger partial charge in [0.05, 0.1) is 11.7 Å². The summed E-state index contributed by atoms with van der Waals surface area (Å²) in [6.45, 7) is 4.94. The molecule has 6 N–H and O–H groups in total. The Morgan fingerprint density at radius 2 is 2.09 bits per heavy atom. The standard InChI is InChI=1S/C23H36N8O3/c1-15-13-27-9-11-30(15)21(32)8-6-17(24)23(34)31-10-3-4-20(31)22(33)28-14-16-5-7-18(26-2)19(12-16)29-25/h5,7,12,15,17,20,25-27H,3-4,6,8-11,13-14,24H2,1-2H3,(H,28,33)/t15?,17-,20?/m1/s1. The molecule has 2 fully saturated rings. The number of carbonyl (C=O) groups is 3. The summed E-state index contributed by atoms with van der Waals surface area (Å²) in [5.41, 5.74) is 15.5. The van der Waals surface area contributed by atoms with Crippen molar-refractivity contribution in [2.45, 2.75) is 57.3 Å². The molecule has 0 spiro atoms. The van der Waals surface area contributed by atoms with Crippen LogP contribution < -0.4 is 21.7 Å². The van der Waals surface area contributed by atoms with Crippen molar-refractivity contribution in [2.24, 2.45) is 10.8 Å². The molecule has 2 saturated heterocycles. The lowest BCUT2D eigenvalue weighted by Gasteiger charge is -2.34. The molecule has 0 bridgehead atoms. The fraction of sp³-hybridized carbons (Fsp3) is 0.609. The number of anilines is 1. The molecule has 0 aliphatic carbocycles. The first-order chi connectivity index (χ1) is 16.3. The fourth-order valence-corrected chi connectivity index (χ4v) is 4.57. The second kappa shape index (κ2) is 11.9.